The van der Waals surface area contributed by atoms with Gasteiger partial charge in [0.25, 0.3) is 0 Å². The lowest BCUT2D eigenvalue weighted by molar-refractivity contribution is -0.131. The topological polar surface area (TPSA) is 49.0 Å². The van der Waals surface area contributed by atoms with Gasteiger partial charge in [0.2, 0.25) is 5.91 Å². The molecule has 0 spiro atoms. The number of aromatic amines is 1. The number of amides is 1. The molecule has 2 heterocycles. The van der Waals surface area contributed by atoms with Crippen LogP contribution in [0.15, 0.2) is 24.3 Å². The fraction of sp³-hybridized carbons (Fsp3) is 0.444. The van der Waals surface area contributed by atoms with E-state index in [1.54, 1.807) is 0 Å². The van der Waals surface area contributed by atoms with Crippen molar-refractivity contribution >= 4 is 17.5 Å². The molecule has 2 aromatic rings. The number of imidazole rings is 1. The molecule has 0 bridgehead atoms. The third-order valence-electron chi connectivity index (χ3n) is 4.58. The maximum absolute atomic E-state index is 12.6. The van der Waals surface area contributed by atoms with Gasteiger partial charge >= 0.3 is 0 Å². The number of benzene rings is 1. The molecule has 122 valence electrons. The summed E-state index contributed by atoms with van der Waals surface area (Å²) in [6, 6.07) is 7.50. The number of halogens is 1. The number of carbonyl (C=O) groups is 1. The number of carbonyl (C=O) groups excluding carboxylic acids is 1. The molecule has 3 rings (SSSR count). The summed E-state index contributed by atoms with van der Waals surface area (Å²) < 4.78 is 0. The van der Waals surface area contributed by atoms with Gasteiger partial charge in [-0.15, -0.1) is 0 Å². The van der Waals surface area contributed by atoms with Gasteiger partial charge in [0, 0.05) is 29.7 Å². The van der Waals surface area contributed by atoms with Crippen molar-refractivity contribution in [3.8, 4) is 0 Å². The number of likely N-dealkylation sites (tertiary alicyclic amines) is 1. The number of nitrogens with zero attached hydrogens (tertiary/aromatic N) is 2. The summed E-state index contributed by atoms with van der Waals surface area (Å²) in [5.74, 6) is 1.51. The van der Waals surface area contributed by atoms with E-state index in [0.717, 1.165) is 48.7 Å². The first-order chi connectivity index (χ1) is 11.0. The van der Waals surface area contributed by atoms with Crippen molar-refractivity contribution in [1.82, 2.24) is 14.9 Å². The van der Waals surface area contributed by atoms with E-state index in [0.29, 0.717) is 17.4 Å². The van der Waals surface area contributed by atoms with E-state index in [1.165, 1.54) is 0 Å². The molecule has 1 atom stereocenters. The lowest BCUT2D eigenvalue weighted by Crippen LogP contribution is -2.40. The molecule has 1 aliphatic heterocycles. The first-order valence-corrected chi connectivity index (χ1v) is 8.46. The number of aromatic nitrogens is 2. The van der Waals surface area contributed by atoms with Crippen molar-refractivity contribution in [3.05, 3.63) is 52.1 Å². The molecule has 5 heteroatoms. The van der Waals surface area contributed by atoms with E-state index < -0.39 is 0 Å². The highest BCUT2D eigenvalue weighted by Crippen LogP contribution is 2.26. The Labute approximate surface area is 141 Å². The van der Waals surface area contributed by atoms with Gasteiger partial charge in [0.1, 0.15) is 5.82 Å². The van der Waals surface area contributed by atoms with Crippen molar-refractivity contribution in [2.45, 2.75) is 39.0 Å². The van der Waals surface area contributed by atoms with E-state index in [-0.39, 0.29) is 5.91 Å². The highest BCUT2D eigenvalue weighted by Gasteiger charge is 2.26. The van der Waals surface area contributed by atoms with Crippen LogP contribution in [0.4, 0.5) is 0 Å². The zero-order valence-electron chi connectivity index (χ0n) is 13.6. The average Bonchev–Trinajstić information content (AvgIpc) is 2.89. The number of piperidine rings is 1. The highest BCUT2D eigenvalue weighted by molar-refractivity contribution is 6.30. The minimum atomic E-state index is 0.178. The second kappa shape index (κ2) is 6.75. The van der Waals surface area contributed by atoms with E-state index in [4.69, 9.17) is 11.6 Å². The molecule has 1 aromatic heterocycles. The molecule has 0 aliphatic carbocycles. The van der Waals surface area contributed by atoms with E-state index in [9.17, 15) is 4.79 Å². The van der Waals surface area contributed by atoms with Gasteiger partial charge in [0.15, 0.2) is 0 Å². The van der Waals surface area contributed by atoms with E-state index in [2.05, 4.69) is 9.97 Å². The monoisotopic (exact) mass is 331 g/mol. The van der Waals surface area contributed by atoms with Crippen LogP contribution in [-0.2, 0) is 11.2 Å². The Balaban J connectivity index is 1.65. The minimum Gasteiger partial charge on any atom is -0.346 e. The molecule has 1 saturated heterocycles. The predicted molar refractivity (Wildman–Crippen MR) is 91.8 cm³/mol. The Morgan fingerprint density at radius 3 is 2.74 bits per heavy atom. The first kappa shape index (κ1) is 16.1. The van der Waals surface area contributed by atoms with Crippen LogP contribution in [0.3, 0.4) is 0 Å². The second-order valence-corrected chi connectivity index (χ2v) is 6.75. The third-order valence-corrected chi connectivity index (χ3v) is 4.83. The number of aryl methyl sites for hydroxylation is 2. The smallest absolute Gasteiger partial charge is 0.227 e. The molecular formula is C18H22ClN3O. The Kier molecular flexibility index (Phi) is 4.71. The van der Waals surface area contributed by atoms with Crippen LogP contribution in [0, 0.1) is 13.8 Å². The van der Waals surface area contributed by atoms with Crippen molar-refractivity contribution in [3.63, 3.8) is 0 Å². The Morgan fingerprint density at radius 1 is 1.35 bits per heavy atom. The van der Waals surface area contributed by atoms with Crippen LogP contribution >= 0.6 is 11.6 Å². The molecule has 1 amide bonds. The first-order valence-electron chi connectivity index (χ1n) is 8.08. The van der Waals surface area contributed by atoms with Crippen LogP contribution < -0.4 is 0 Å². The summed E-state index contributed by atoms with van der Waals surface area (Å²) in [5, 5.41) is 0.697. The number of H-pyrrole nitrogens is 1. The second-order valence-electron chi connectivity index (χ2n) is 6.31. The zero-order chi connectivity index (χ0) is 16.4. The molecular weight excluding hydrogens is 310 g/mol. The molecule has 1 N–H and O–H groups in total. The SMILES string of the molecule is Cc1nc(C2CCCN(C(=O)Cc3ccc(Cl)cc3)C2)[nH]c1C. The lowest BCUT2D eigenvalue weighted by Gasteiger charge is -2.32. The standard InChI is InChI=1S/C18H22ClN3O/c1-12-13(2)21-18(20-12)15-4-3-9-22(11-15)17(23)10-14-5-7-16(19)8-6-14/h5-8,15H,3-4,9-11H2,1-2H3,(H,20,21). The van der Waals surface area contributed by atoms with Crippen LogP contribution in [-0.4, -0.2) is 33.9 Å². The molecule has 1 aromatic carbocycles. The summed E-state index contributed by atoms with van der Waals surface area (Å²) in [5.41, 5.74) is 3.17. The van der Waals surface area contributed by atoms with Gasteiger partial charge in [0.05, 0.1) is 12.1 Å². The van der Waals surface area contributed by atoms with Gasteiger partial charge < -0.3 is 9.88 Å². The number of rotatable bonds is 3. The highest BCUT2D eigenvalue weighted by atomic mass is 35.5. The largest absolute Gasteiger partial charge is 0.346 e. The fourth-order valence-corrected chi connectivity index (χ4v) is 3.21. The Bertz CT molecular complexity index is 673. The molecule has 1 aliphatic rings. The van der Waals surface area contributed by atoms with E-state index >= 15 is 0 Å². The Morgan fingerprint density at radius 2 is 2.09 bits per heavy atom. The summed E-state index contributed by atoms with van der Waals surface area (Å²) >= 11 is 5.89. The summed E-state index contributed by atoms with van der Waals surface area (Å²) in [7, 11) is 0. The molecule has 1 unspecified atom stereocenters. The van der Waals surface area contributed by atoms with Gasteiger partial charge in [-0.05, 0) is 44.4 Å². The fourth-order valence-electron chi connectivity index (χ4n) is 3.08. The van der Waals surface area contributed by atoms with Gasteiger partial charge in [-0.1, -0.05) is 23.7 Å². The molecule has 0 saturated carbocycles. The van der Waals surface area contributed by atoms with Crippen molar-refractivity contribution < 1.29 is 4.79 Å². The van der Waals surface area contributed by atoms with Crippen molar-refractivity contribution in [2.24, 2.45) is 0 Å². The molecule has 1 fully saturated rings. The molecule has 0 radical (unpaired) electrons. The van der Waals surface area contributed by atoms with Crippen molar-refractivity contribution in [1.29, 1.82) is 0 Å². The predicted octanol–water partition coefficient (Wildman–Crippen LogP) is 3.63. The zero-order valence-corrected chi connectivity index (χ0v) is 14.4. The summed E-state index contributed by atoms with van der Waals surface area (Å²) in [6.45, 7) is 5.64. The average molecular weight is 332 g/mol. The van der Waals surface area contributed by atoms with Gasteiger partial charge in [-0.3, -0.25) is 4.79 Å². The van der Waals surface area contributed by atoms with Crippen LogP contribution in [0.25, 0.3) is 0 Å². The normalized spacial score (nSPS) is 18.2. The number of hydrogen-bond acceptors (Lipinski definition) is 2. The number of nitrogens with one attached hydrogen (secondary N) is 1. The minimum absolute atomic E-state index is 0.178. The van der Waals surface area contributed by atoms with Crippen LogP contribution in [0.1, 0.15) is 41.5 Å². The lowest BCUT2D eigenvalue weighted by atomic mass is 9.96. The maximum atomic E-state index is 12.6. The quantitative estimate of drug-likeness (QED) is 0.933. The van der Waals surface area contributed by atoms with E-state index in [1.807, 2.05) is 43.0 Å². The summed E-state index contributed by atoms with van der Waals surface area (Å²) in [6.07, 6.45) is 2.53. The summed E-state index contributed by atoms with van der Waals surface area (Å²) in [4.78, 5) is 22.5. The van der Waals surface area contributed by atoms with Crippen LogP contribution in [0.2, 0.25) is 5.02 Å². The molecule has 4 nitrogen and oxygen atoms in total. The number of hydrogen-bond donors (Lipinski definition) is 1. The van der Waals surface area contributed by atoms with Gasteiger partial charge in [-0.25, -0.2) is 4.98 Å². The van der Waals surface area contributed by atoms with Gasteiger partial charge in [-0.2, -0.15) is 0 Å². The van der Waals surface area contributed by atoms with Crippen LogP contribution in [0.5, 0.6) is 0 Å². The Hall–Kier alpha value is -1.81. The maximum Gasteiger partial charge on any atom is 0.227 e. The molecule has 23 heavy (non-hydrogen) atoms. The third kappa shape index (κ3) is 3.75. The van der Waals surface area contributed by atoms with Crippen molar-refractivity contribution in [2.75, 3.05) is 13.1 Å².